The zero-order valence-corrected chi connectivity index (χ0v) is 11.2. The van der Waals surface area contributed by atoms with E-state index in [0.717, 1.165) is 25.7 Å². The van der Waals surface area contributed by atoms with Crippen LogP contribution in [0.25, 0.3) is 0 Å². The number of nitrogens with zero attached hydrogens (tertiary/aromatic N) is 1. The minimum atomic E-state index is -0.731. The van der Waals surface area contributed by atoms with Crippen LogP contribution in [0.5, 0.6) is 0 Å². The Hall–Kier alpha value is -1.06. The minimum Gasteiger partial charge on any atom is -0.340 e. The van der Waals surface area contributed by atoms with Crippen LogP contribution in [0, 0.1) is 5.92 Å². The standard InChI is InChI=1S/C14H22N2O2/c1-14(2)13(18)16(10-5-3-4-6-10)11(9-7-8-9)12(17)15-14/h9-11H,3-8H2,1-2H3,(H,15,17). The molecule has 2 amide bonds. The average Bonchev–Trinajstić information content (AvgIpc) is 2.97. The molecule has 18 heavy (non-hydrogen) atoms. The Morgan fingerprint density at radius 3 is 2.28 bits per heavy atom. The van der Waals surface area contributed by atoms with Gasteiger partial charge in [-0.25, -0.2) is 0 Å². The first-order valence-electron chi connectivity index (χ1n) is 7.15. The number of hydrogen-bond donors (Lipinski definition) is 1. The summed E-state index contributed by atoms with van der Waals surface area (Å²) in [6.07, 6.45) is 6.70. The van der Waals surface area contributed by atoms with Gasteiger partial charge in [0.2, 0.25) is 11.8 Å². The fourth-order valence-electron chi connectivity index (χ4n) is 3.44. The summed E-state index contributed by atoms with van der Waals surface area (Å²) in [5.41, 5.74) is -0.731. The molecule has 3 aliphatic rings. The van der Waals surface area contributed by atoms with Crippen LogP contribution < -0.4 is 5.32 Å². The molecule has 100 valence electrons. The lowest BCUT2D eigenvalue weighted by Crippen LogP contribution is -2.70. The van der Waals surface area contributed by atoms with Gasteiger partial charge in [0.25, 0.3) is 0 Å². The largest absolute Gasteiger partial charge is 0.340 e. The van der Waals surface area contributed by atoms with Gasteiger partial charge in [0.1, 0.15) is 11.6 Å². The predicted octanol–water partition coefficient (Wildman–Crippen LogP) is 1.44. The van der Waals surface area contributed by atoms with Crippen molar-refractivity contribution in [2.75, 3.05) is 0 Å². The van der Waals surface area contributed by atoms with E-state index in [1.165, 1.54) is 12.8 Å². The van der Waals surface area contributed by atoms with E-state index in [-0.39, 0.29) is 17.9 Å². The zero-order chi connectivity index (χ0) is 12.9. The molecule has 0 bridgehead atoms. The molecule has 2 saturated carbocycles. The Bertz CT molecular complexity index is 381. The van der Waals surface area contributed by atoms with E-state index in [1.807, 2.05) is 18.7 Å². The van der Waals surface area contributed by atoms with E-state index in [4.69, 9.17) is 0 Å². The maximum atomic E-state index is 12.6. The van der Waals surface area contributed by atoms with Crippen LogP contribution in [0.1, 0.15) is 52.4 Å². The molecule has 1 unspecified atom stereocenters. The molecule has 0 aromatic heterocycles. The number of nitrogens with one attached hydrogen (secondary N) is 1. The van der Waals surface area contributed by atoms with Crippen LogP contribution in [0.3, 0.4) is 0 Å². The fraction of sp³-hybridized carbons (Fsp3) is 0.857. The van der Waals surface area contributed by atoms with E-state index in [1.54, 1.807) is 0 Å². The lowest BCUT2D eigenvalue weighted by atomic mass is 9.92. The first-order valence-corrected chi connectivity index (χ1v) is 7.15. The molecule has 1 aliphatic heterocycles. The van der Waals surface area contributed by atoms with Crippen molar-refractivity contribution in [3.05, 3.63) is 0 Å². The summed E-state index contributed by atoms with van der Waals surface area (Å²) in [5.74, 6) is 0.588. The van der Waals surface area contributed by atoms with Gasteiger partial charge in [-0.2, -0.15) is 0 Å². The number of amides is 2. The third kappa shape index (κ3) is 1.82. The monoisotopic (exact) mass is 250 g/mol. The van der Waals surface area contributed by atoms with Crippen molar-refractivity contribution < 1.29 is 9.59 Å². The highest BCUT2D eigenvalue weighted by Crippen LogP contribution is 2.41. The van der Waals surface area contributed by atoms with E-state index in [9.17, 15) is 9.59 Å². The van der Waals surface area contributed by atoms with E-state index >= 15 is 0 Å². The first kappa shape index (κ1) is 12.0. The molecule has 0 aromatic rings. The summed E-state index contributed by atoms with van der Waals surface area (Å²) >= 11 is 0. The second-order valence-electron chi connectivity index (χ2n) is 6.55. The molecule has 1 N–H and O–H groups in total. The molecule has 2 aliphatic carbocycles. The highest BCUT2D eigenvalue weighted by molar-refractivity contribution is 5.99. The van der Waals surface area contributed by atoms with Crippen LogP contribution in [0.4, 0.5) is 0 Å². The first-order chi connectivity index (χ1) is 8.50. The van der Waals surface area contributed by atoms with Gasteiger partial charge in [0, 0.05) is 6.04 Å². The smallest absolute Gasteiger partial charge is 0.248 e. The summed E-state index contributed by atoms with van der Waals surface area (Å²) in [6, 6.07) is 0.113. The average molecular weight is 250 g/mol. The van der Waals surface area contributed by atoms with Gasteiger partial charge in [-0.3, -0.25) is 9.59 Å². The summed E-state index contributed by atoms with van der Waals surface area (Å²) in [5, 5.41) is 2.90. The van der Waals surface area contributed by atoms with Gasteiger partial charge in [0.15, 0.2) is 0 Å². The second-order valence-corrected chi connectivity index (χ2v) is 6.55. The maximum Gasteiger partial charge on any atom is 0.248 e. The Balaban J connectivity index is 1.91. The van der Waals surface area contributed by atoms with Gasteiger partial charge < -0.3 is 10.2 Å². The molecule has 4 heteroatoms. The van der Waals surface area contributed by atoms with Gasteiger partial charge in [0.05, 0.1) is 0 Å². The van der Waals surface area contributed by atoms with Crippen molar-refractivity contribution in [3.8, 4) is 0 Å². The van der Waals surface area contributed by atoms with Gasteiger partial charge >= 0.3 is 0 Å². The topological polar surface area (TPSA) is 49.4 Å². The van der Waals surface area contributed by atoms with Crippen molar-refractivity contribution in [3.63, 3.8) is 0 Å². The molecule has 3 rings (SSSR count). The van der Waals surface area contributed by atoms with Crippen LogP contribution in [0.2, 0.25) is 0 Å². The molecular formula is C14H22N2O2. The number of rotatable bonds is 2. The van der Waals surface area contributed by atoms with Crippen molar-refractivity contribution >= 4 is 11.8 Å². The third-order valence-corrected chi connectivity index (χ3v) is 4.56. The van der Waals surface area contributed by atoms with Crippen LogP contribution in [-0.2, 0) is 9.59 Å². The Morgan fingerprint density at radius 1 is 1.11 bits per heavy atom. The van der Waals surface area contributed by atoms with Gasteiger partial charge in [-0.1, -0.05) is 12.8 Å². The Labute approximate surface area is 108 Å². The summed E-state index contributed by atoms with van der Waals surface area (Å²) in [7, 11) is 0. The van der Waals surface area contributed by atoms with E-state index in [2.05, 4.69) is 5.32 Å². The Kier molecular flexibility index (Phi) is 2.65. The fourth-order valence-corrected chi connectivity index (χ4v) is 3.44. The van der Waals surface area contributed by atoms with Gasteiger partial charge in [-0.05, 0) is 45.4 Å². The SMILES string of the molecule is CC1(C)NC(=O)C(C2CC2)N(C2CCCC2)C1=O. The minimum absolute atomic E-state index is 0.0639. The molecule has 0 radical (unpaired) electrons. The summed E-state index contributed by atoms with van der Waals surface area (Å²) in [6.45, 7) is 3.64. The van der Waals surface area contributed by atoms with Gasteiger partial charge in [-0.15, -0.1) is 0 Å². The molecule has 1 atom stereocenters. The molecule has 3 fully saturated rings. The highest BCUT2D eigenvalue weighted by Gasteiger charge is 2.52. The van der Waals surface area contributed by atoms with Crippen LogP contribution in [-0.4, -0.2) is 34.3 Å². The second kappa shape index (κ2) is 3.97. The van der Waals surface area contributed by atoms with Crippen molar-refractivity contribution in [2.24, 2.45) is 5.92 Å². The van der Waals surface area contributed by atoms with Crippen molar-refractivity contribution in [1.82, 2.24) is 10.2 Å². The molecular weight excluding hydrogens is 228 g/mol. The molecule has 1 saturated heterocycles. The summed E-state index contributed by atoms with van der Waals surface area (Å²) < 4.78 is 0. The lowest BCUT2D eigenvalue weighted by molar-refractivity contribution is -0.157. The van der Waals surface area contributed by atoms with E-state index in [0.29, 0.717) is 12.0 Å². The lowest BCUT2D eigenvalue weighted by Gasteiger charge is -2.46. The van der Waals surface area contributed by atoms with Crippen LogP contribution in [0.15, 0.2) is 0 Å². The quantitative estimate of drug-likeness (QED) is 0.806. The summed E-state index contributed by atoms with van der Waals surface area (Å²) in [4.78, 5) is 26.9. The normalized spacial score (nSPS) is 32.8. The van der Waals surface area contributed by atoms with Crippen LogP contribution >= 0.6 is 0 Å². The number of piperazine rings is 1. The molecule has 1 heterocycles. The predicted molar refractivity (Wildman–Crippen MR) is 67.8 cm³/mol. The number of hydrogen-bond acceptors (Lipinski definition) is 2. The van der Waals surface area contributed by atoms with E-state index < -0.39 is 5.54 Å². The molecule has 4 nitrogen and oxygen atoms in total. The Morgan fingerprint density at radius 2 is 1.72 bits per heavy atom. The molecule has 0 aromatic carbocycles. The number of carbonyl (C=O) groups is 2. The third-order valence-electron chi connectivity index (χ3n) is 4.56. The van der Waals surface area contributed by atoms with Crippen molar-refractivity contribution in [2.45, 2.75) is 70.0 Å². The number of carbonyl (C=O) groups excluding carboxylic acids is 2. The highest BCUT2D eigenvalue weighted by atomic mass is 16.2. The van der Waals surface area contributed by atoms with Crippen molar-refractivity contribution in [1.29, 1.82) is 0 Å². The molecule has 0 spiro atoms. The maximum absolute atomic E-state index is 12.6. The zero-order valence-electron chi connectivity index (χ0n) is 11.2.